The first-order valence-electron chi connectivity index (χ1n) is 5.29. The van der Waals surface area contributed by atoms with E-state index in [0.29, 0.717) is 12.1 Å². The Morgan fingerprint density at radius 1 is 1.38 bits per heavy atom. The minimum atomic E-state index is 0.668. The lowest BCUT2D eigenvalue weighted by atomic mass is 10.1. The van der Waals surface area contributed by atoms with Crippen LogP contribution in [-0.2, 0) is 0 Å². The number of hydrogen-bond donors (Lipinski definition) is 1. The summed E-state index contributed by atoms with van der Waals surface area (Å²) in [5, 5.41) is 0. The van der Waals surface area contributed by atoms with Crippen molar-refractivity contribution in [1.82, 2.24) is 9.80 Å². The molecular formula is C10H23N3. The maximum Gasteiger partial charge on any atom is 0.0232 e. The van der Waals surface area contributed by atoms with Crippen molar-refractivity contribution in [2.45, 2.75) is 32.4 Å². The molecule has 1 fully saturated rings. The zero-order valence-electron chi connectivity index (χ0n) is 9.16. The summed E-state index contributed by atoms with van der Waals surface area (Å²) in [6, 6.07) is 1.34. The van der Waals surface area contributed by atoms with Crippen molar-refractivity contribution in [3.05, 3.63) is 0 Å². The zero-order valence-corrected chi connectivity index (χ0v) is 9.16. The lowest BCUT2D eigenvalue weighted by Crippen LogP contribution is -2.53. The van der Waals surface area contributed by atoms with Gasteiger partial charge in [-0.1, -0.05) is 0 Å². The molecule has 0 radical (unpaired) electrons. The Labute approximate surface area is 81.9 Å². The van der Waals surface area contributed by atoms with Crippen LogP contribution in [0.5, 0.6) is 0 Å². The predicted octanol–water partition coefficient (Wildman–Crippen LogP) is 0.360. The average Bonchev–Trinajstić information content (AvgIpc) is 2.08. The molecule has 13 heavy (non-hydrogen) atoms. The highest BCUT2D eigenvalue weighted by Gasteiger charge is 2.24. The van der Waals surface area contributed by atoms with Gasteiger partial charge in [-0.2, -0.15) is 0 Å². The lowest BCUT2D eigenvalue weighted by Gasteiger charge is -2.41. The van der Waals surface area contributed by atoms with E-state index < -0.39 is 0 Å². The fraction of sp³-hybridized carbons (Fsp3) is 1.00. The van der Waals surface area contributed by atoms with Crippen molar-refractivity contribution in [2.24, 2.45) is 5.73 Å². The topological polar surface area (TPSA) is 32.5 Å². The van der Waals surface area contributed by atoms with Gasteiger partial charge in [0.05, 0.1) is 0 Å². The van der Waals surface area contributed by atoms with Crippen LogP contribution in [0.3, 0.4) is 0 Å². The Morgan fingerprint density at radius 3 is 2.62 bits per heavy atom. The van der Waals surface area contributed by atoms with Gasteiger partial charge in [0.1, 0.15) is 0 Å². The molecule has 0 aromatic carbocycles. The summed E-state index contributed by atoms with van der Waals surface area (Å²) in [5.41, 5.74) is 5.60. The molecule has 3 heteroatoms. The highest BCUT2D eigenvalue weighted by molar-refractivity contribution is 4.81. The summed E-state index contributed by atoms with van der Waals surface area (Å²) in [4.78, 5) is 4.98. The molecule has 0 bridgehead atoms. The number of nitrogens with zero attached hydrogens (tertiary/aromatic N) is 2. The monoisotopic (exact) mass is 185 g/mol. The average molecular weight is 185 g/mol. The molecular weight excluding hydrogens is 162 g/mol. The molecule has 1 unspecified atom stereocenters. The third kappa shape index (κ3) is 2.93. The second-order valence-corrected chi connectivity index (χ2v) is 4.30. The molecule has 1 rings (SSSR count). The van der Waals surface area contributed by atoms with Crippen LogP contribution >= 0.6 is 0 Å². The van der Waals surface area contributed by atoms with E-state index in [2.05, 4.69) is 30.7 Å². The normalized spacial score (nSPS) is 27.0. The van der Waals surface area contributed by atoms with Crippen molar-refractivity contribution in [2.75, 3.05) is 33.2 Å². The molecule has 78 valence electrons. The summed E-state index contributed by atoms with van der Waals surface area (Å²) in [6.45, 7) is 8.92. The molecule has 1 atom stereocenters. The van der Waals surface area contributed by atoms with Crippen molar-refractivity contribution in [3.63, 3.8) is 0 Å². The van der Waals surface area contributed by atoms with Gasteiger partial charge in [0.15, 0.2) is 0 Å². The van der Waals surface area contributed by atoms with E-state index >= 15 is 0 Å². The smallest absolute Gasteiger partial charge is 0.0232 e. The van der Waals surface area contributed by atoms with Gasteiger partial charge in [-0.25, -0.2) is 0 Å². The van der Waals surface area contributed by atoms with Crippen molar-refractivity contribution in [3.8, 4) is 0 Å². The lowest BCUT2D eigenvalue weighted by molar-refractivity contribution is 0.0717. The summed E-state index contributed by atoms with van der Waals surface area (Å²) in [5.74, 6) is 0. The zero-order chi connectivity index (χ0) is 9.84. The standard InChI is InChI=1S/C10H23N3/c1-9(2)13-7-6-12(3)10(8-13)4-5-11/h9-10H,4-8,11H2,1-3H3. The maximum absolute atomic E-state index is 5.60. The molecule has 2 N–H and O–H groups in total. The third-order valence-corrected chi connectivity index (χ3v) is 3.04. The van der Waals surface area contributed by atoms with E-state index in [-0.39, 0.29) is 0 Å². The Bertz CT molecular complexity index is 147. The van der Waals surface area contributed by atoms with Crippen LogP contribution < -0.4 is 5.73 Å². The molecule has 0 spiro atoms. The summed E-state index contributed by atoms with van der Waals surface area (Å²) in [7, 11) is 2.21. The number of rotatable bonds is 3. The molecule has 1 aliphatic rings. The van der Waals surface area contributed by atoms with Gasteiger partial charge in [-0.05, 0) is 33.9 Å². The fourth-order valence-electron chi connectivity index (χ4n) is 1.94. The van der Waals surface area contributed by atoms with Crippen molar-refractivity contribution < 1.29 is 0 Å². The Balaban J connectivity index is 2.42. The first-order valence-corrected chi connectivity index (χ1v) is 5.29. The summed E-state index contributed by atoms with van der Waals surface area (Å²) >= 11 is 0. The molecule has 0 aromatic rings. The van der Waals surface area contributed by atoms with Crippen molar-refractivity contribution >= 4 is 0 Å². The molecule has 1 saturated heterocycles. The molecule has 0 aromatic heterocycles. The second-order valence-electron chi connectivity index (χ2n) is 4.30. The number of nitrogens with two attached hydrogens (primary N) is 1. The van der Waals surface area contributed by atoms with E-state index in [4.69, 9.17) is 5.73 Å². The van der Waals surface area contributed by atoms with Crippen LogP contribution in [0, 0.1) is 0 Å². The number of hydrogen-bond acceptors (Lipinski definition) is 3. The van der Waals surface area contributed by atoms with Crippen LogP contribution in [0.4, 0.5) is 0 Å². The summed E-state index contributed by atoms with van der Waals surface area (Å²) < 4.78 is 0. The minimum absolute atomic E-state index is 0.668. The second kappa shape index (κ2) is 4.94. The fourth-order valence-corrected chi connectivity index (χ4v) is 1.94. The molecule has 1 heterocycles. The van der Waals surface area contributed by atoms with Gasteiger partial charge in [-0.15, -0.1) is 0 Å². The van der Waals surface area contributed by atoms with Crippen LogP contribution in [0.15, 0.2) is 0 Å². The largest absolute Gasteiger partial charge is 0.330 e. The highest BCUT2D eigenvalue weighted by atomic mass is 15.3. The predicted molar refractivity (Wildman–Crippen MR) is 56.8 cm³/mol. The first kappa shape index (κ1) is 11.0. The first-order chi connectivity index (χ1) is 6.15. The molecule has 1 aliphatic heterocycles. The number of likely N-dealkylation sites (N-methyl/N-ethyl adjacent to an activating group) is 1. The Kier molecular flexibility index (Phi) is 4.16. The van der Waals surface area contributed by atoms with Gasteiger partial charge >= 0.3 is 0 Å². The maximum atomic E-state index is 5.60. The summed E-state index contributed by atoms with van der Waals surface area (Å²) in [6.07, 6.45) is 1.12. The quantitative estimate of drug-likeness (QED) is 0.689. The molecule has 3 nitrogen and oxygen atoms in total. The van der Waals surface area contributed by atoms with Gasteiger partial charge in [0.2, 0.25) is 0 Å². The molecule has 0 aliphatic carbocycles. The van der Waals surface area contributed by atoms with E-state index in [1.807, 2.05) is 0 Å². The molecule has 0 amide bonds. The van der Waals surface area contributed by atoms with Gasteiger partial charge < -0.3 is 10.6 Å². The molecule has 0 saturated carbocycles. The minimum Gasteiger partial charge on any atom is -0.330 e. The van der Waals surface area contributed by atoms with Gasteiger partial charge in [-0.3, -0.25) is 4.90 Å². The van der Waals surface area contributed by atoms with Crippen LogP contribution in [0.1, 0.15) is 20.3 Å². The van der Waals surface area contributed by atoms with Gasteiger partial charge in [0, 0.05) is 31.7 Å². The Hall–Kier alpha value is -0.120. The van der Waals surface area contributed by atoms with Crippen LogP contribution in [0.2, 0.25) is 0 Å². The van der Waals surface area contributed by atoms with E-state index in [9.17, 15) is 0 Å². The highest BCUT2D eigenvalue weighted by Crippen LogP contribution is 2.12. The SMILES string of the molecule is CC(C)N1CCN(C)C(CCN)C1. The van der Waals surface area contributed by atoms with E-state index in [1.54, 1.807) is 0 Å². The Morgan fingerprint density at radius 2 is 2.08 bits per heavy atom. The van der Waals surface area contributed by atoms with Gasteiger partial charge in [0.25, 0.3) is 0 Å². The van der Waals surface area contributed by atoms with Crippen LogP contribution in [0.25, 0.3) is 0 Å². The van der Waals surface area contributed by atoms with E-state index in [0.717, 1.165) is 13.0 Å². The van der Waals surface area contributed by atoms with Crippen LogP contribution in [-0.4, -0.2) is 55.1 Å². The van der Waals surface area contributed by atoms with E-state index in [1.165, 1.54) is 19.6 Å². The third-order valence-electron chi connectivity index (χ3n) is 3.04. The number of piperazine rings is 1. The van der Waals surface area contributed by atoms with Crippen molar-refractivity contribution in [1.29, 1.82) is 0 Å².